The maximum absolute atomic E-state index is 12.0. The molecule has 0 saturated carbocycles. The van der Waals surface area contributed by atoms with Crippen molar-refractivity contribution in [3.63, 3.8) is 0 Å². The molecule has 7 nitrogen and oxygen atoms in total. The number of nitrogen functional groups attached to an aromatic ring is 1. The first-order valence-corrected chi connectivity index (χ1v) is 6.55. The zero-order valence-electron chi connectivity index (χ0n) is 9.84. The van der Waals surface area contributed by atoms with E-state index in [1.54, 1.807) is 13.8 Å². The molecule has 0 amide bonds. The molecule has 0 fully saturated rings. The number of aryl methyl sites for hydroxylation is 1. The smallest absolute Gasteiger partial charge is 0.264 e. The van der Waals surface area contributed by atoms with Crippen LogP contribution in [0.25, 0.3) is 0 Å². The van der Waals surface area contributed by atoms with Crippen molar-refractivity contribution in [1.82, 2.24) is 10.1 Å². The highest BCUT2D eigenvalue weighted by Gasteiger charge is 2.19. The van der Waals surface area contributed by atoms with Gasteiger partial charge in [0.15, 0.2) is 0 Å². The van der Waals surface area contributed by atoms with Crippen molar-refractivity contribution in [2.45, 2.75) is 18.7 Å². The summed E-state index contributed by atoms with van der Waals surface area (Å²) in [4.78, 5) is 3.75. The van der Waals surface area contributed by atoms with Crippen LogP contribution in [-0.4, -0.2) is 18.6 Å². The van der Waals surface area contributed by atoms with Gasteiger partial charge in [-0.15, -0.1) is 0 Å². The van der Waals surface area contributed by atoms with E-state index in [9.17, 15) is 8.42 Å². The summed E-state index contributed by atoms with van der Waals surface area (Å²) in [7, 11) is -3.75. The van der Waals surface area contributed by atoms with Crippen molar-refractivity contribution >= 4 is 21.7 Å². The van der Waals surface area contributed by atoms with Gasteiger partial charge in [0.25, 0.3) is 10.0 Å². The minimum absolute atomic E-state index is 0.0171. The number of rotatable bonds is 3. The summed E-state index contributed by atoms with van der Waals surface area (Å²) < 4.78 is 31.3. The van der Waals surface area contributed by atoms with E-state index in [4.69, 9.17) is 10.3 Å². The summed E-state index contributed by atoms with van der Waals surface area (Å²) in [5.41, 5.74) is 6.71. The van der Waals surface area contributed by atoms with Crippen molar-refractivity contribution in [1.29, 1.82) is 0 Å². The Labute approximate surface area is 104 Å². The standard InChI is InChI=1S/C10H12N4O3S/c1-6-7(2)13-17-10(6)14-18(15,16)8-3-4-12-9(11)5-8/h3-5,14H,1-2H3,(H2,11,12). The molecule has 0 radical (unpaired) electrons. The van der Waals surface area contributed by atoms with Gasteiger partial charge in [-0.25, -0.2) is 18.1 Å². The first-order chi connectivity index (χ1) is 8.40. The highest BCUT2D eigenvalue weighted by molar-refractivity contribution is 7.92. The van der Waals surface area contributed by atoms with Gasteiger partial charge >= 0.3 is 0 Å². The van der Waals surface area contributed by atoms with E-state index in [0.717, 1.165) is 0 Å². The van der Waals surface area contributed by atoms with E-state index in [1.165, 1.54) is 18.3 Å². The van der Waals surface area contributed by atoms with Crippen molar-refractivity contribution in [3.05, 3.63) is 29.6 Å². The van der Waals surface area contributed by atoms with Gasteiger partial charge in [0.1, 0.15) is 5.82 Å². The van der Waals surface area contributed by atoms with Crippen LogP contribution in [0.5, 0.6) is 0 Å². The molecule has 8 heteroatoms. The molecule has 0 unspecified atom stereocenters. The van der Waals surface area contributed by atoms with Crippen molar-refractivity contribution in [3.8, 4) is 0 Å². The Kier molecular flexibility index (Phi) is 2.95. The van der Waals surface area contributed by atoms with E-state index in [-0.39, 0.29) is 16.6 Å². The van der Waals surface area contributed by atoms with E-state index in [0.29, 0.717) is 11.3 Å². The number of nitrogens with zero attached hydrogens (tertiary/aromatic N) is 2. The molecule has 2 rings (SSSR count). The van der Waals surface area contributed by atoms with Crippen molar-refractivity contribution in [2.75, 3.05) is 10.5 Å². The predicted octanol–water partition coefficient (Wildman–Crippen LogP) is 1.07. The van der Waals surface area contributed by atoms with Gasteiger partial charge in [0, 0.05) is 17.8 Å². The average Bonchev–Trinajstić information content (AvgIpc) is 2.61. The molecule has 2 aromatic rings. The molecule has 0 aliphatic rings. The van der Waals surface area contributed by atoms with Crippen molar-refractivity contribution in [2.24, 2.45) is 0 Å². The van der Waals surface area contributed by atoms with Crippen molar-refractivity contribution < 1.29 is 12.9 Å². The Balaban J connectivity index is 2.36. The third-order valence-electron chi connectivity index (χ3n) is 2.45. The van der Waals surface area contributed by atoms with E-state index < -0.39 is 10.0 Å². The fourth-order valence-corrected chi connectivity index (χ4v) is 2.35. The molecular weight excluding hydrogens is 256 g/mol. The van der Waals surface area contributed by atoms with Crippen LogP contribution in [-0.2, 0) is 10.0 Å². The van der Waals surface area contributed by atoms with Gasteiger partial charge in [0.2, 0.25) is 5.88 Å². The van der Waals surface area contributed by atoms with E-state index in [1.807, 2.05) is 0 Å². The van der Waals surface area contributed by atoms with Crippen LogP contribution in [0.4, 0.5) is 11.7 Å². The Bertz CT molecular complexity index is 678. The first kappa shape index (κ1) is 12.4. The van der Waals surface area contributed by atoms with E-state index >= 15 is 0 Å². The molecule has 0 spiro atoms. The Hall–Kier alpha value is -2.09. The molecule has 0 aliphatic heterocycles. The largest absolute Gasteiger partial charge is 0.384 e. The number of anilines is 2. The fourth-order valence-electron chi connectivity index (χ4n) is 1.29. The number of nitrogens with one attached hydrogen (secondary N) is 1. The monoisotopic (exact) mass is 268 g/mol. The number of nitrogens with two attached hydrogens (primary N) is 1. The quantitative estimate of drug-likeness (QED) is 0.861. The van der Waals surface area contributed by atoms with Crippen LogP contribution in [0.3, 0.4) is 0 Å². The highest BCUT2D eigenvalue weighted by Crippen LogP contribution is 2.21. The molecule has 18 heavy (non-hydrogen) atoms. The van der Waals surface area contributed by atoms with Gasteiger partial charge in [-0.1, -0.05) is 5.16 Å². The first-order valence-electron chi connectivity index (χ1n) is 5.07. The third-order valence-corrected chi connectivity index (χ3v) is 3.78. The van der Waals surface area contributed by atoms with Crippen LogP contribution >= 0.6 is 0 Å². The summed E-state index contributed by atoms with van der Waals surface area (Å²) in [6.07, 6.45) is 1.32. The summed E-state index contributed by atoms with van der Waals surface area (Å²) in [5.74, 6) is 0.228. The van der Waals surface area contributed by atoms with Gasteiger partial charge < -0.3 is 10.3 Å². The zero-order valence-corrected chi connectivity index (χ0v) is 10.7. The minimum atomic E-state index is -3.75. The molecule has 0 atom stereocenters. The summed E-state index contributed by atoms with van der Waals surface area (Å²) in [6, 6.07) is 2.61. The summed E-state index contributed by atoms with van der Waals surface area (Å²) >= 11 is 0. The SMILES string of the molecule is Cc1noc(NS(=O)(=O)c2ccnc(N)c2)c1C. The van der Waals surface area contributed by atoms with Crippen LogP contribution < -0.4 is 10.5 Å². The van der Waals surface area contributed by atoms with Gasteiger partial charge in [0.05, 0.1) is 10.6 Å². The fraction of sp³-hybridized carbons (Fsp3) is 0.200. The maximum Gasteiger partial charge on any atom is 0.264 e. The lowest BCUT2D eigenvalue weighted by atomic mass is 10.3. The summed E-state index contributed by atoms with van der Waals surface area (Å²) in [6.45, 7) is 3.44. The molecule has 0 aromatic carbocycles. The zero-order chi connectivity index (χ0) is 13.3. The van der Waals surface area contributed by atoms with Crippen LogP contribution in [0.15, 0.2) is 27.7 Å². The lowest BCUT2D eigenvalue weighted by Gasteiger charge is -2.05. The number of hydrogen-bond acceptors (Lipinski definition) is 6. The maximum atomic E-state index is 12.0. The Morgan fingerprint density at radius 2 is 2.11 bits per heavy atom. The second-order valence-electron chi connectivity index (χ2n) is 3.74. The molecule has 96 valence electrons. The molecule has 0 bridgehead atoms. The molecule has 0 saturated heterocycles. The molecule has 2 aromatic heterocycles. The van der Waals surface area contributed by atoms with Crippen LogP contribution in [0, 0.1) is 13.8 Å². The predicted molar refractivity (Wildman–Crippen MR) is 65.4 cm³/mol. The molecular formula is C10H12N4O3S. The lowest BCUT2D eigenvalue weighted by Crippen LogP contribution is -2.13. The normalized spacial score (nSPS) is 11.4. The Morgan fingerprint density at radius 1 is 1.39 bits per heavy atom. The highest BCUT2D eigenvalue weighted by atomic mass is 32.2. The molecule has 0 aliphatic carbocycles. The van der Waals surface area contributed by atoms with Gasteiger partial charge in [-0.05, 0) is 19.9 Å². The minimum Gasteiger partial charge on any atom is -0.384 e. The van der Waals surface area contributed by atoms with Gasteiger partial charge in [-0.3, -0.25) is 0 Å². The summed E-state index contributed by atoms with van der Waals surface area (Å²) in [5, 5.41) is 3.67. The average molecular weight is 268 g/mol. The van der Waals surface area contributed by atoms with Crippen LogP contribution in [0.2, 0.25) is 0 Å². The van der Waals surface area contributed by atoms with Gasteiger partial charge in [-0.2, -0.15) is 0 Å². The third kappa shape index (κ3) is 2.28. The lowest BCUT2D eigenvalue weighted by molar-refractivity contribution is 0.430. The van der Waals surface area contributed by atoms with E-state index in [2.05, 4.69) is 14.9 Å². The topological polar surface area (TPSA) is 111 Å². The molecule has 2 heterocycles. The second kappa shape index (κ2) is 4.30. The number of pyridine rings is 1. The second-order valence-corrected chi connectivity index (χ2v) is 5.43. The molecule has 3 N–H and O–H groups in total. The number of hydrogen-bond donors (Lipinski definition) is 2. The number of aromatic nitrogens is 2. The Morgan fingerprint density at radius 3 is 2.67 bits per heavy atom. The number of sulfonamides is 1. The van der Waals surface area contributed by atoms with Crippen LogP contribution in [0.1, 0.15) is 11.3 Å².